The lowest BCUT2D eigenvalue weighted by atomic mass is 9.91. The minimum atomic E-state index is -3.11. The maximum Gasteiger partial charge on any atom is 0.260 e. The molecule has 3 rings (SSSR count). The summed E-state index contributed by atoms with van der Waals surface area (Å²) in [7, 11) is 0. The van der Waals surface area contributed by atoms with Crippen LogP contribution in [0, 0.1) is 0 Å². The number of fused-ring (bicyclic) bond motifs is 1. The Balaban J connectivity index is 1.96. The minimum absolute atomic E-state index is 0.0923. The molecule has 2 aromatic rings. The van der Waals surface area contributed by atoms with Gasteiger partial charge in [0.1, 0.15) is 24.3 Å². The van der Waals surface area contributed by atoms with E-state index in [1.165, 1.54) is 24.1 Å². The van der Waals surface area contributed by atoms with Gasteiger partial charge in [0.25, 0.3) is 5.92 Å². The lowest BCUT2D eigenvalue weighted by molar-refractivity contribution is -0.182. The van der Waals surface area contributed by atoms with Crippen LogP contribution in [0.15, 0.2) is 12.7 Å². The molecule has 10 nitrogen and oxygen atoms in total. The highest BCUT2D eigenvalue weighted by atomic mass is 19.3. The van der Waals surface area contributed by atoms with Crippen LogP contribution in [0.2, 0.25) is 0 Å². The molecule has 4 atom stereocenters. The largest absolute Gasteiger partial charge is 0.387 e. The van der Waals surface area contributed by atoms with E-state index >= 15 is 0 Å². The summed E-state index contributed by atoms with van der Waals surface area (Å²) in [5, 5.41) is 21.2. The molecule has 0 amide bonds. The Morgan fingerprint density at radius 1 is 1.38 bits per heavy atom. The molecular weight excluding hydrogens is 352 g/mol. The van der Waals surface area contributed by atoms with Crippen molar-refractivity contribution < 1.29 is 23.7 Å². The number of halogens is 2. The number of hydrogen-bond acceptors (Lipinski definition) is 9. The summed E-state index contributed by atoms with van der Waals surface area (Å²) < 4.78 is 33.7. The second-order valence-electron chi connectivity index (χ2n) is 6.59. The molecule has 12 heteroatoms. The monoisotopic (exact) mass is 373 g/mol. The number of anilines is 1. The van der Waals surface area contributed by atoms with E-state index in [9.17, 15) is 19.0 Å². The molecule has 0 aliphatic carbocycles. The first-order chi connectivity index (χ1) is 12.0. The molecule has 1 aliphatic rings. The number of aromatic nitrogens is 4. The first-order valence-electron chi connectivity index (χ1n) is 7.92. The van der Waals surface area contributed by atoms with Crippen molar-refractivity contribution in [2.75, 3.05) is 12.3 Å². The number of hydrogen-bond donors (Lipinski definition) is 5. The van der Waals surface area contributed by atoms with Gasteiger partial charge in [-0.2, -0.15) is 0 Å². The Bertz CT molecular complexity index is 815. The summed E-state index contributed by atoms with van der Waals surface area (Å²) >= 11 is 0. The molecule has 0 saturated carbocycles. The Hall–Kier alpha value is -1.99. The molecule has 26 heavy (non-hydrogen) atoms. The summed E-state index contributed by atoms with van der Waals surface area (Å²) in [6.45, 7) is 0.414. The van der Waals surface area contributed by atoms with Crippen molar-refractivity contribution in [1.82, 2.24) is 19.5 Å². The van der Waals surface area contributed by atoms with Gasteiger partial charge in [-0.05, 0) is 13.3 Å². The average Bonchev–Trinajstić information content (AvgIpc) is 3.09. The average molecular weight is 373 g/mol. The van der Waals surface area contributed by atoms with Crippen LogP contribution >= 0.6 is 0 Å². The third kappa shape index (κ3) is 2.70. The predicted octanol–water partition coefficient (Wildman–Crippen LogP) is -1.14. The number of aliphatic hydroxyl groups excluding tert-OH is 1. The molecule has 0 bridgehead atoms. The predicted molar refractivity (Wildman–Crippen MR) is 86.6 cm³/mol. The molecule has 144 valence electrons. The smallest absolute Gasteiger partial charge is 0.260 e. The van der Waals surface area contributed by atoms with E-state index in [2.05, 4.69) is 15.0 Å². The van der Waals surface area contributed by atoms with Crippen LogP contribution in [0.4, 0.5) is 14.6 Å². The van der Waals surface area contributed by atoms with Crippen LogP contribution in [-0.4, -0.2) is 60.0 Å². The Kier molecular flexibility index (Phi) is 4.36. The summed E-state index contributed by atoms with van der Waals surface area (Å²) in [5.74, 6) is -5.03. The highest BCUT2D eigenvalue weighted by Crippen LogP contribution is 2.43. The fraction of sp³-hybridized carbons (Fsp3) is 0.643. The van der Waals surface area contributed by atoms with Crippen molar-refractivity contribution in [1.29, 1.82) is 0 Å². The van der Waals surface area contributed by atoms with Crippen molar-refractivity contribution in [3.8, 4) is 0 Å². The number of imidazole rings is 1. The van der Waals surface area contributed by atoms with E-state index in [1.54, 1.807) is 0 Å². The summed E-state index contributed by atoms with van der Waals surface area (Å²) in [6, 6.07) is 0. The van der Waals surface area contributed by atoms with Gasteiger partial charge in [0, 0.05) is 6.42 Å². The van der Waals surface area contributed by atoms with Gasteiger partial charge in [0.15, 0.2) is 17.1 Å². The van der Waals surface area contributed by atoms with E-state index in [0.717, 1.165) is 0 Å². The van der Waals surface area contributed by atoms with Crippen LogP contribution in [-0.2, 0) is 10.6 Å². The molecule has 0 radical (unpaired) electrons. The first kappa shape index (κ1) is 18.8. The molecule has 1 aliphatic heterocycles. The lowest BCUT2D eigenvalue weighted by Gasteiger charge is -2.36. The third-order valence-corrected chi connectivity index (χ3v) is 4.80. The van der Waals surface area contributed by atoms with Crippen LogP contribution < -0.4 is 17.2 Å². The second kappa shape index (κ2) is 6.03. The quantitative estimate of drug-likeness (QED) is 0.434. The van der Waals surface area contributed by atoms with Gasteiger partial charge in [0.05, 0.1) is 12.6 Å². The van der Waals surface area contributed by atoms with Gasteiger partial charge in [-0.1, -0.05) is 0 Å². The topological polar surface area (TPSA) is 171 Å². The van der Waals surface area contributed by atoms with Crippen molar-refractivity contribution in [3.63, 3.8) is 0 Å². The molecule has 2 aromatic heterocycles. The van der Waals surface area contributed by atoms with Crippen molar-refractivity contribution in [3.05, 3.63) is 12.7 Å². The number of ether oxygens (including phenoxy) is 1. The Morgan fingerprint density at radius 3 is 2.73 bits per heavy atom. The highest BCUT2D eigenvalue weighted by molar-refractivity contribution is 5.81. The van der Waals surface area contributed by atoms with Gasteiger partial charge >= 0.3 is 0 Å². The zero-order chi connectivity index (χ0) is 19.3. The molecule has 1 fully saturated rings. The highest BCUT2D eigenvalue weighted by Gasteiger charge is 2.62. The van der Waals surface area contributed by atoms with Gasteiger partial charge in [-0.3, -0.25) is 10.3 Å². The number of rotatable bonds is 5. The zero-order valence-electron chi connectivity index (χ0n) is 14.0. The third-order valence-electron chi connectivity index (χ3n) is 4.80. The van der Waals surface area contributed by atoms with E-state index < -0.39 is 42.5 Å². The molecule has 3 heterocycles. The molecule has 0 spiro atoms. The molecule has 0 aromatic carbocycles. The van der Waals surface area contributed by atoms with Crippen LogP contribution in [0.3, 0.4) is 0 Å². The van der Waals surface area contributed by atoms with Crippen LogP contribution in [0.5, 0.6) is 0 Å². The van der Waals surface area contributed by atoms with Gasteiger partial charge < -0.3 is 26.4 Å². The fourth-order valence-electron chi connectivity index (χ4n) is 3.06. The Labute approximate surface area is 147 Å². The fourth-order valence-corrected chi connectivity index (χ4v) is 3.06. The molecule has 0 unspecified atom stereocenters. The van der Waals surface area contributed by atoms with Gasteiger partial charge in [-0.25, -0.2) is 23.7 Å². The summed E-state index contributed by atoms with van der Waals surface area (Å²) in [5.41, 5.74) is 15.4. The van der Waals surface area contributed by atoms with Crippen LogP contribution in [0.1, 0.15) is 19.8 Å². The molecule has 8 N–H and O–H groups in total. The van der Waals surface area contributed by atoms with E-state index in [0.29, 0.717) is 0 Å². The number of alkyl halides is 2. The van der Waals surface area contributed by atoms with Gasteiger partial charge in [0.2, 0.25) is 5.85 Å². The van der Waals surface area contributed by atoms with Crippen molar-refractivity contribution >= 4 is 17.0 Å². The standard InChI is InChI=1S/C14H21F2N7O3/c1-12(25)9(24)7(2-3-13(15,16)4-17)26-14(12,19)23-6-22-8-10(18)20-5-21-11(8)23/h5-7,9,24-25H,2-4,17,19H2,1H3,(H2,18,20,21)/t7-,9-,12-,14+/m1/s1. The summed E-state index contributed by atoms with van der Waals surface area (Å²) in [4.78, 5) is 11.9. The number of nitrogens with two attached hydrogens (primary N) is 3. The number of nitrogens with zero attached hydrogens (tertiary/aromatic N) is 4. The summed E-state index contributed by atoms with van der Waals surface area (Å²) in [6.07, 6.45) is -1.16. The van der Waals surface area contributed by atoms with Crippen LogP contribution in [0.25, 0.3) is 11.2 Å². The SMILES string of the molecule is C[C@@]1(O)[C@H](O)[C@@H](CCC(F)(F)CN)O[C@@]1(N)n1cnc2c(N)ncnc21. The Morgan fingerprint density at radius 2 is 2.08 bits per heavy atom. The second-order valence-corrected chi connectivity index (χ2v) is 6.59. The number of aliphatic hydroxyl groups is 2. The maximum absolute atomic E-state index is 13.4. The lowest BCUT2D eigenvalue weighted by Crippen LogP contribution is -2.61. The van der Waals surface area contributed by atoms with Gasteiger partial charge in [-0.15, -0.1) is 0 Å². The molecular formula is C14H21F2N7O3. The van der Waals surface area contributed by atoms with E-state index in [4.69, 9.17) is 21.9 Å². The maximum atomic E-state index is 13.4. The number of nitrogen functional groups attached to an aromatic ring is 1. The molecule has 1 saturated heterocycles. The first-order valence-corrected chi connectivity index (χ1v) is 7.92. The van der Waals surface area contributed by atoms with Crippen molar-refractivity contribution in [2.24, 2.45) is 11.5 Å². The normalized spacial score (nSPS) is 32.4. The minimum Gasteiger partial charge on any atom is -0.387 e. The van der Waals surface area contributed by atoms with Crippen molar-refractivity contribution in [2.45, 2.75) is 49.3 Å². The van der Waals surface area contributed by atoms with E-state index in [-0.39, 0.29) is 23.4 Å². The zero-order valence-corrected chi connectivity index (χ0v) is 14.0. The van der Waals surface area contributed by atoms with E-state index in [1.807, 2.05) is 0 Å².